The van der Waals surface area contributed by atoms with Crippen LogP contribution in [-0.4, -0.2) is 28.5 Å². The summed E-state index contributed by atoms with van der Waals surface area (Å²) in [6, 6.07) is 10.6. The second-order valence-corrected chi connectivity index (χ2v) is 10.4. The molecule has 0 aliphatic heterocycles. The Hall–Kier alpha value is -1.42. The molecule has 0 heterocycles. The highest BCUT2D eigenvalue weighted by Crippen LogP contribution is 2.48. The molecule has 2 aliphatic rings. The Morgan fingerprint density at radius 3 is 2.72 bits per heavy atom. The molecular weight excluding hydrogens is 394 g/mol. The van der Waals surface area contributed by atoms with Crippen molar-refractivity contribution in [2.45, 2.75) is 96.3 Å². The van der Waals surface area contributed by atoms with Gasteiger partial charge < -0.3 is 15.5 Å². The fourth-order valence-corrected chi connectivity index (χ4v) is 5.54. The molecule has 0 unspecified atom stereocenters. The zero-order valence-corrected chi connectivity index (χ0v) is 20.3. The molecule has 178 valence electrons. The first kappa shape index (κ1) is 25.2. The maximum atomic E-state index is 10.6. The van der Waals surface area contributed by atoms with Crippen molar-refractivity contribution in [3.8, 4) is 0 Å². The summed E-state index contributed by atoms with van der Waals surface area (Å²) in [6.07, 6.45) is 17.3. The predicted octanol–water partition coefficient (Wildman–Crippen LogP) is 6.17. The Bertz CT molecular complexity index is 724. The van der Waals surface area contributed by atoms with Gasteiger partial charge in [0.1, 0.15) is 0 Å². The molecule has 3 rings (SSSR count). The van der Waals surface area contributed by atoms with Crippen molar-refractivity contribution < 1.29 is 10.2 Å². The van der Waals surface area contributed by atoms with Crippen molar-refractivity contribution in [3.63, 3.8) is 0 Å². The first-order valence-electron chi connectivity index (χ1n) is 13.0. The topological polar surface area (TPSA) is 52.5 Å². The van der Waals surface area contributed by atoms with E-state index in [0.29, 0.717) is 18.3 Å². The van der Waals surface area contributed by atoms with Crippen molar-refractivity contribution in [2.75, 3.05) is 6.54 Å². The van der Waals surface area contributed by atoms with Crippen LogP contribution in [-0.2, 0) is 6.54 Å². The Morgan fingerprint density at radius 2 is 1.94 bits per heavy atom. The van der Waals surface area contributed by atoms with E-state index in [1.54, 1.807) is 5.57 Å². The molecule has 3 N–H and O–H groups in total. The van der Waals surface area contributed by atoms with Crippen LogP contribution in [0.2, 0.25) is 0 Å². The van der Waals surface area contributed by atoms with Crippen molar-refractivity contribution >= 4 is 0 Å². The highest BCUT2D eigenvalue weighted by molar-refractivity contribution is 5.21. The zero-order valence-electron chi connectivity index (χ0n) is 20.3. The fraction of sp³-hybridized carbons (Fsp3) is 0.655. The summed E-state index contributed by atoms with van der Waals surface area (Å²) in [5.41, 5.74) is 2.34. The predicted molar refractivity (Wildman–Crippen MR) is 134 cm³/mol. The number of aliphatic hydroxyl groups is 2. The molecule has 0 bridgehead atoms. The van der Waals surface area contributed by atoms with Crippen molar-refractivity contribution in [3.05, 3.63) is 59.7 Å². The van der Waals surface area contributed by atoms with Crippen LogP contribution in [0.1, 0.15) is 83.6 Å². The van der Waals surface area contributed by atoms with E-state index in [9.17, 15) is 10.2 Å². The molecule has 3 nitrogen and oxygen atoms in total. The Morgan fingerprint density at radius 1 is 1.12 bits per heavy atom. The van der Waals surface area contributed by atoms with E-state index in [1.807, 2.05) is 6.92 Å². The molecule has 3 heteroatoms. The number of fused-ring (bicyclic) bond motifs is 1. The van der Waals surface area contributed by atoms with Gasteiger partial charge in [0, 0.05) is 12.5 Å². The lowest BCUT2D eigenvalue weighted by Gasteiger charge is -2.22. The summed E-state index contributed by atoms with van der Waals surface area (Å²) < 4.78 is 0. The van der Waals surface area contributed by atoms with Crippen LogP contribution in [0.15, 0.2) is 54.1 Å². The van der Waals surface area contributed by atoms with Gasteiger partial charge in [0.25, 0.3) is 0 Å². The Labute approximate surface area is 196 Å². The molecule has 1 aromatic rings. The van der Waals surface area contributed by atoms with E-state index in [4.69, 9.17) is 0 Å². The molecule has 5 atom stereocenters. The van der Waals surface area contributed by atoms with Gasteiger partial charge in [0.15, 0.2) is 0 Å². The number of hydrogen-bond acceptors (Lipinski definition) is 3. The number of allylic oxidation sites excluding steroid dienone is 2. The van der Waals surface area contributed by atoms with E-state index in [0.717, 1.165) is 45.2 Å². The molecule has 0 amide bonds. The van der Waals surface area contributed by atoms with E-state index >= 15 is 0 Å². The number of unbranched alkanes of at least 4 members (excludes halogenated alkanes) is 3. The molecule has 0 spiro atoms. The third-order valence-electron chi connectivity index (χ3n) is 7.46. The van der Waals surface area contributed by atoms with Crippen LogP contribution < -0.4 is 5.32 Å². The van der Waals surface area contributed by atoms with Gasteiger partial charge in [-0.3, -0.25) is 0 Å². The van der Waals surface area contributed by atoms with Crippen molar-refractivity contribution in [1.29, 1.82) is 0 Å². The summed E-state index contributed by atoms with van der Waals surface area (Å²) in [7, 11) is 0. The van der Waals surface area contributed by atoms with Crippen LogP contribution in [0.25, 0.3) is 0 Å². The van der Waals surface area contributed by atoms with Gasteiger partial charge in [0.05, 0.1) is 11.7 Å². The van der Waals surface area contributed by atoms with Crippen LogP contribution in [0.3, 0.4) is 0 Å². The zero-order chi connectivity index (χ0) is 22.8. The Kier molecular flexibility index (Phi) is 10.0. The lowest BCUT2D eigenvalue weighted by molar-refractivity contribution is 0.0513. The van der Waals surface area contributed by atoms with E-state index in [-0.39, 0.29) is 12.0 Å². The minimum absolute atomic E-state index is 0.227. The summed E-state index contributed by atoms with van der Waals surface area (Å²) in [6.45, 7) is 6.14. The minimum atomic E-state index is -0.621. The second kappa shape index (κ2) is 12.7. The molecule has 1 aromatic carbocycles. The second-order valence-electron chi connectivity index (χ2n) is 10.4. The summed E-state index contributed by atoms with van der Waals surface area (Å²) in [5, 5.41) is 24.6. The lowest BCUT2D eigenvalue weighted by atomic mass is 9.87. The summed E-state index contributed by atoms with van der Waals surface area (Å²) in [4.78, 5) is 0. The highest BCUT2D eigenvalue weighted by atomic mass is 16.3. The molecule has 0 aromatic heterocycles. The molecule has 2 aliphatic carbocycles. The number of nitrogens with one attached hydrogen (secondary N) is 1. The third-order valence-corrected chi connectivity index (χ3v) is 7.46. The summed E-state index contributed by atoms with van der Waals surface area (Å²) in [5.74, 6) is 1.35. The standard InChI is InChI=1S/C29H45NO2/c1-3-4-16-29(2,32)17-11-15-26-27-20-24(19-25(27)21-28(26)31)14-9-6-10-18-30-22-23-12-7-5-8-13-23/h5,7-8,11-13,15,19,25-28,30-32H,3-4,6,9-10,14,16-18,20-22H2,1-2H3/b15-11+/t25-,26+,27-,28+,29-/m0/s1. The highest BCUT2D eigenvalue weighted by Gasteiger charge is 2.43. The van der Waals surface area contributed by atoms with Crippen molar-refractivity contribution in [2.24, 2.45) is 17.8 Å². The van der Waals surface area contributed by atoms with E-state index in [1.165, 1.54) is 31.2 Å². The number of hydrogen-bond donors (Lipinski definition) is 3. The quantitative estimate of drug-likeness (QED) is 0.240. The van der Waals surface area contributed by atoms with Crippen LogP contribution in [0.4, 0.5) is 0 Å². The van der Waals surface area contributed by atoms with E-state index < -0.39 is 5.60 Å². The molecule has 0 radical (unpaired) electrons. The molecule has 1 saturated carbocycles. The average molecular weight is 440 g/mol. The van der Waals surface area contributed by atoms with Crippen molar-refractivity contribution in [1.82, 2.24) is 5.32 Å². The SMILES string of the molecule is CCCC[C@](C)(O)C/C=C/[C@@H]1[C@H]2CC(CCCCCNCc3ccccc3)=C[C@H]2C[C@H]1O. The molecular formula is C29H45NO2. The number of rotatable bonds is 14. The minimum Gasteiger partial charge on any atom is -0.392 e. The van der Waals surface area contributed by atoms with Gasteiger partial charge >= 0.3 is 0 Å². The summed E-state index contributed by atoms with van der Waals surface area (Å²) >= 11 is 0. The fourth-order valence-electron chi connectivity index (χ4n) is 5.54. The first-order valence-corrected chi connectivity index (χ1v) is 13.0. The lowest BCUT2D eigenvalue weighted by Crippen LogP contribution is -2.23. The number of aliphatic hydroxyl groups excluding tert-OH is 1. The van der Waals surface area contributed by atoms with Crippen LogP contribution >= 0.6 is 0 Å². The molecule has 32 heavy (non-hydrogen) atoms. The number of benzene rings is 1. The average Bonchev–Trinajstić information content (AvgIpc) is 3.29. The molecule has 1 fully saturated rings. The van der Waals surface area contributed by atoms with Gasteiger partial charge in [-0.15, -0.1) is 0 Å². The Balaban J connectivity index is 1.32. The van der Waals surface area contributed by atoms with Gasteiger partial charge in [-0.2, -0.15) is 0 Å². The monoisotopic (exact) mass is 439 g/mol. The normalized spacial score (nSPS) is 26.9. The maximum absolute atomic E-state index is 10.6. The third kappa shape index (κ3) is 7.86. The maximum Gasteiger partial charge on any atom is 0.0654 e. The largest absolute Gasteiger partial charge is 0.392 e. The van der Waals surface area contributed by atoms with Crippen LogP contribution in [0.5, 0.6) is 0 Å². The van der Waals surface area contributed by atoms with Gasteiger partial charge in [-0.25, -0.2) is 0 Å². The smallest absolute Gasteiger partial charge is 0.0654 e. The van der Waals surface area contributed by atoms with Gasteiger partial charge in [-0.05, 0) is 75.8 Å². The van der Waals surface area contributed by atoms with Gasteiger partial charge in [-0.1, -0.05) is 80.3 Å². The van der Waals surface area contributed by atoms with Crippen LogP contribution in [0, 0.1) is 17.8 Å². The van der Waals surface area contributed by atoms with Gasteiger partial charge in [0.2, 0.25) is 0 Å². The first-order chi connectivity index (χ1) is 15.5. The molecule has 0 saturated heterocycles. The van der Waals surface area contributed by atoms with E-state index in [2.05, 4.69) is 60.8 Å².